The van der Waals surface area contributed by atoms with E-state index in [0.29, 0.717) is 0 Å². The first kappa shape index (κ1) is 19.5. The van der Waals surface area contributed by atoms with Crippen LogP contribution in [0.5, 0.6) is 0 Å². The van der Waals surface area contributed by atoms with Crippen LogP contribution >= 0.6 is 0 Å². The van der Waals surface area contributed by atoms with Crippen molar-refractivity contribution in [1.82, 2.24) is 0 Å². The molecular formula is C21H24O7. The third-order valence-corrected chi connectivity index (χ3v) is 4.97. The molecule has 150 valence electrons. The molecule has 7 atom stereocenters. The summed E-state index contributed by atoms with van der Waals surface area (Å²) < 4.78 is 22.8. The molecule has 2 aromatic rings. The largest absolute Gasteiger partial charge is 0.388 e. The number of hydrogen-bond donors (Lipinski definition) is 3. The van der Waals surface area contributed by atoms with Gasteiger partial charge in [0.15, 0.2) is 12.6 Å². The van der Waals surface area contributed by atoms with Crippen molar-refractivity contribution in [2.75, 3.05) is 13.2 Å². The molecule has 0 amide bonds. The average Bonchev–Trinajstić information content (AvgIpc) is 2.75. The molecule has 0 saturated carbocycles. The fraction of sp³-hybridized carbons (Fsp3) is 0.429. The summed E-state index contributed by atoms with van der Waals surface area (Å²) in [6, 6.07) is 18.6. The fourth-order valence-electron chi connectivity index (χ4n) is 3.48. The molecule has 0 spiro atoms. The van der Waals surface area contributed by atoms with Gasteiger partial charge >= 0.3 is 0 Å². The number of rotatable bonds is 4. The van der Waals surface area contributed by atoms with Crippen LogP contribution in [0.4, 0.5) is 0 Å². The molecule has 2 fully saturated rings. The van der Waals surface area contributed by atoms with E-state index < -0.39 is 43.1 Å². The van der Waals surface area contributed by atoms with Crippen molar-refractivity contribution in [3.8, 4) is 0 Å². The van der Waals surface area contributed by atoms with E-state index in [1.165, 1.54) is 0 Å². The van der Waals surface area contributed by atoms with Gasteiger partial charge in [-0.3, -0.25) is 0 Å². The van der Waals surface area contributed by atoms with Gasteiger partial charge in [0.05, 0.1) is 13.2 Å². The highest BCUT2D eigenvalue weighted by molar-refractivity contribution is 5.17. The summed E-state index contributed by atoms with van der Waals surface area (Å²) in [6.07, 6.45) is -6.76. The maximum atomic E-state index is 10.9. The zero-order chi connectivity index (χ0) is 19.5. The van der Waals surface area contributed by atoms with E-state index in [-0.39, 0.29) is 13.2 Å². The number of hydrogen-bond acceptors (Lipinski definition) is 7. The average molecular weight is 388 g/mol. The SMILES string of the molecule is OC([C@H]1O[C@@H](c2ccccc2)OC[C@H]1O)[C@@H]1O[C@@H](c2ccccc2)OC[C@@H]1O. The lowest BCUT2D eigenvalue weighted by Gasteiger charge is -2.42. The summed E-state index contributed by atoms with van der Waals surface area (Å²) in [4.78, 5) is 0. The normalized spacial score (nSPS) is 34.7. The maximum Gasteiger partial charge on any atom is 0.184 e. The Morgan fingerprint density at radius 1 is 0.679 bits per heavy atom. The topological polar surface area (TPSA) is 97.6 Å². The third kappa shape index (κ3) is 4.11. The highest BCUT2D eigenvalue weighted by Gasteiger charge is 2.45. The Morgan fingerprint density at radius 2 is 1.07 bits per heavy atom. The first-order valence-electron chi connectivity index (χ1n) is 9.31. The molecule has 0 bridgehead atoms. The zero-order valence-corrected chi connectivity index (χ0v) is 15.2. The molecule has 0 aliphatic carbocycles. The Hall–Kier alpha value is -1.84. The quantitative estimate of drug-likeness (QED) is 0.726. The van der Waals surface area contributed by atoms with Crippen LogP contribution in [0.25, 0.3) is 0 Å². The summed E-state index contributed by atoms with van der Waals surface area (Å²) in [5, 5.41) is 31.5. The van der Waals surface area contributed by atoms with Gasteiger partial charge in [0.25, 0.3) is 0 Å². The molecule has 2 heterocycles. The summed E-state index contributed by atoms with van der Waals surface area (Å²) in [7, 11) is 0. The van der Waals surface area contributed by atoms with Gasteiger partial charge in [-0.15, -0.1) is 0 Å². The molecule has 0 radical (unpaired) electrons. The lowest BCUT2D eigenvalue weighted by atomic mass is 9.97. The van der Waals surface area contributed by atoms with Crippen molar-refractivity contribution in [2.24, 2.45) is 0 Å². The highest BCUT2D eigenvalue weighted by atomic mass is 16.7. The van der Waals surface area contributed by atoms with Crippen molar-refractivity contribution in [3.63, 3.8) is 0 Å². The van der Waals surface area contributed by atoms with Gasteiger partial charge in [0, 0.05) is 11.1 Å². The molecule has 3 N–H and O–H groups in total. The van der Waals surface area contributed by atoms with E-state index in [2.05, 4.69) is 0 Å². The van der Waals surface area contributed by atoms with E-state index >= 15 is 0 Å². The highest BCUT2D eigenvalue weighted by Crippen LogP contribution is 2.33. The van der Waals surface area contributed by atoms with E-state index in [1.54, 1.807) is 0 Å². The van der Waals surface area contributed by atoms with Crippen LogP contribution in [0.1, 0.15) is 23.7 Å². The summed E-state index contributed by atoms with van der Waals surface area (Å²) in [5.74, 6) is 0. The molecule has 28 heavy (non-hydrogen) atoms. The Morgan fingerprint density at radius 3 is 1.46 bits per heavy atom. The van der Waals surface area contributed by atoms with Gasteiger partial charge < -0.3 is 34.3 Å². The summed E-state index contributed by atoms with van der Waals surface area (Å²) in [5.41, 5.74) is 1.56. The van der Waals surface area contributed by atoms with Crippen molar-refractivity contribution in [2.45, 2.75) is 43.1 Å². The van der Waals surface area contributed by atoms with Crippen LogP contribution < -0.4 is 0 Å². The van der Waals surface area contributed by atoms with Crippen molar-refractivity contribution in [1.29, 1.82) is 0 Å². The van der Waals surface area contributed by atoms with Gasteiger partial charge in [-0.2, -0.15) is 0 Å². The zero-order valence-electron chi connectivity index (χ0n) is 15.2. The van der Waals surface area contributed by atoms with Crippen LogP contribution in [0, 0.1) is 0 Å². The van der Waals surface area contributed by atoms with E-state index in [4.69, 9.17) is 18.9 Å². The second kappa shape index (κ2) is 8.67. The van der Waals surface area contributed by atoms with Crippen LogP contribution in [-0.4, -0.2) is 59.1 Å². The molecule has 2 aliphatic heterocycles. The fourth-order valence-corrected chi connectivity index (χ4v) is 3.48. The molecule has 2 aliphatic rings. The Balaban J connectivity index is 1.48. The van der Waals surface area contributed by atoms with Crippen LogP contribution in [0.2, 0.25) is 0 Å². The van der Waals surface area contributed by atoms with Gasteiger partial charge in [-0.25, -0.2) is 0 Å². The van der Waals surface area contributed by atoms with Gasteiger partial charge in [0.2, 0.25) is 0 Å². The van der Waals surface area contributed by atoms with Gasteiger partial charge in [-0.05, 0) is 0 Å². The predicted octanol–water partition coefficient (Wildman–Crippen LogP) is 1.30. The van der Waals surface area contributed by atoms with Crippen LogP contribution in [-0.2, 0) is 18.9 Å². The minimum atomic E-state index is -1.27. The van der Waals surface area contributed by atoms with Crippen LogP contribution in [0.3, 0.4) is 0 Å². The van der Waals surface area contributed by atoms with Crippen molar-refractivity contribution >= 4 is 0 Å². The number of aliphatic hydroxyl groups is 3. The smallest absolute Gasteiger partial charge is 0.184 e. The van der Waals surface area contributed by atoms with E-state index in [9.17, 15) is 15.3 Å². The minimum absolute atomic E-state index is 0.00270. The first-order chi connectivity index (χ1) is 13.6. The predicted molar refractivity (Wildman–Crippen MR) is 98.0 cm³/mol. The monoisotopic (exact) mass is 388 g/mol. The molecular weight excluding hydrogens is 364 g/mol. The first-order valence-corrected chi connectivity index (χ1v) is 9.31. The Labute approximate surface area is 163 Å². The molecule has 1 unspecified atom stereocenters. The number of ether oxygens (including phenoxy) is 4. The van der Waals surface area contributed by atoms with Gasteiger partial charge in [-0.1, -0.05) is 60.7 Å². The third-order valence-electron chi connectivity index (χ3n) is 4.97. The Bertz CT molecular complexity index is 677. The lowest BCUT2D eigenvalue weighted by molar-refractivity contribution is -0.318. The molecule has 7 heteroatoms. The Kier molecular flexibility index (Phi) is 6.03. The summed E-state index contributed by atoms with van der Waals surface area (Å²) in [6.45, 7) is 0.00539. The van der Waals surface area contributed by atoms with E-state index in [0.717, 1.165) is 11.1 Å². The van der Waals surface area contributed by atoms with Crippen LogP contribution in [0.15, 0.2) is 60.7 Å². The van der Waals surface area contributed by atoms with Crippen molar-refractivity contribution < 1.29 is 34.3 Å². The van der Waals surface area contributed by atoms with E-state index in [1.807, 2.05) is 60.7 Å². The number of benzene rings is 2. The minimum Gasteiger partial charge on any atom is -0.388 e. The molecule has 2 aromatic carbocycles. The second-order valence-electron chi connectivity index (χ2n) is 6.98. The maximum absolute atomic E-state index is 10.9. The lowest BCUT2D eigenvalue weighted by Crippen LogP contribution is -2.57. The molecule has 7 nitrogen and oxygen atoms in total. The molecule has 4 rings (SSSR count). The van der Waals surface area contributed by atoms with Gasteiger partial charge in [0.1, 0.15) is 30.5 Å². The number of aliphatic hydroxyl groups excluding tert-OH is 3. The summed E-state index contributed by atoms with van der Waals surface area (Å²) >= 11 is 0. The molecule has 2 saturated heterocycles. The standard InChI is InChI=1S/C21H24O7/c22-15-11-25-20(13-7-3-1-4-8-13)27-18(15)17(24)19-16(23)12-26-21(28-19)14-9-5-2-6-10-14/h1-10,15-24H,11-12H2/t15-,16+,17?,18+,19-,20-,21-/m0/s1. The van der Waals surface area contributed by atoms with Crippen molar-refractivity contribution in [3.05, 3.63) is 71.8 Å². The molecule has 0 aromatic heterocycles. The second-order valence-corrected chi connectivity index (χ2v) is 6.98.